The van der Waals surface area contributed by atoms with Gasteiger partial charge in [0.25, 0.3) is 0 Å². The SMILES string of the molecule is FC(F)(F)Oc1ccc([N+]2(c3ccccc3OC(F)(F)F)C=CC(c3ccncc3)=CC2)cc1. The Labute approximate surface area is 190 Å². The molecule has 4 rings (SSSR count). The van der Waals surface area contributed by atoms with Gasteiger partial charge in [-0.3, -0.25) is 4.98 Å². The third-order valence-corrected chi connectivity index (χ3v) is 5.17. The summed E-state index contributed by atoms with van der Waals surface area (Å²) in [4.78, 5) is 3.97. The maximum atomic E-state index is 13.1. The first kappa shape index (κ1) is 23.4. The normalized spacial score (nSPS) is 18.4. The lowest BCUT2D eigenvalue weighted by molar-refractivity contribution is -0.275. The van der Waals surface area contributed by atoms with E-state index >= 15 is 0 Å². The largest absolute Gasteiger partial charge is 0.573 e. The zero-order valence-electron chi connectivity index (χ0n) is 17.3. The van der Waals surface area contributed by atoms with E-state index in [1.54, 1.807) is 42.9 Å². The highest BCUT2D eigenvalue weighted by atomic mass is 19.4. The Balaban J connectivity index is 1.80. The molecule has 2 aromatic carbocycles. The van der Waals surface area contributed by atoms with Crippen LogP contribution in [0.1, 0.15) is 5.56 Å². The average Bonchev–Trinajstić information content (AvgIpc) is 2.78. The molecule has 0 amide bonds. The summed E-state index contributed by atoms with van der Waals surface area (Å²) in [6, 6.07) is 14.2. The molecule has 1 aromatic heterocycles. The van der Waals surface area contributed by atoms with Crippen molar-refractivity contribution in [1.29, 1.82) is 0 Å². The van der Waals surface area contributed by atoms with Crippen LogP contribution in [0.15, 0.2) is 91.4 Å². The minimum absolute atomic E-state index is 0.158. The summed E-state index contributed by atoms with van der Waals surface area (Å²) in [5.74, 6) is -0.862. The van der Waals surface area contributed by atoms with Crippen molar-refractivity contribution in [2.75, 3.05) is 6.54 Å². The number of aromatic nitrogens is 1. The average molecular weight is 479 g/mol. The molecule has 1 atom stereocenters. The van der Waals surface area contributed by atoms with Crippen LogP contribution in [0.5, 0.6) is 11.5 Å². The Morgan fingerprint density at radius 2 is 1.41 bits per heavy atom. The van der Waals surface area contributed by atoms with E-state index in [1.165, 1.54) is 30.3 Å². The first-order chi connectivity index (χ1) is 16.1. The number of hydrogen-bond donors (Lipinski definition) is 0. The fraction of sp³-hybridized carbons (Fsp3) is 0.125. The van der Waals surface area contributed by atoms with Gasteiger partial charge < -0.3 is 9.47 Å². The fourth-order valence-corrected chi connectivity index (χ4v) is 3.76. The highest BCUT2D eigenvalue weighted by Crippen LogP contribution is 2.45. The summed E-state index contributed by atoms with van der Waals surface area (Å²) in [5.41, 5.74) is 2.25. The third kappa shape index (κ3) is 5.23. The number of pyridine rings is 1. The molecular weight excluding hydrogens is 462 g/mol. The maximum absolute atomic E-state index is 13.1. The Bertz CT molecular complexity index is 1200. The molecule has 0 spiro atoms. The monoisotopic (exact) mass is 479 g/mol. The van der Waals surface area contributed by atoms with E-state index in [1.807, 2.05) is 6.08 Å². The van der Waals surface area contributed by atoms with Gasteiger partial charge in [-0.05, 0) is 53.6 Å². The molecule has 0 radical (unpaired) electrons. The third-order valence-electron chi connectivity index (χ3n) is 5.17. The Kier molecular flexibility index (Phi) is 6.09. The minimum atomic E-state index is -4.93. The number of halogens is 6. The number of hydrogen-bond acceptors (Lipinski definition) is 3. The Morgan fingerprint density at radius 1 is 0.765 bits per heavy atom. The Morgan fingerprint density at radius 3 is 2.00 bits per heavy atom. The highest BCUT2D eigenvalue weighted by molar-refractivity contribution is 5.79. The van der Waals surface area contributed by atoms with Gasteiger partial charge in [-0.1, -0.05) is 12.1 Å². The van der Waals surface area contributed by atoms with Gasteiger partial charge in [0, 0.05) is 30.6 Å². The number of quaternary nitrogens is 1. The van der Waals surface area contributed by atoms with Crippen LogP contribution in [0.4, 0.5) is 37.7 Å². The predicted octanol–water partition coefficient (Wildman–Crippen LogP) is 7.13. The van der Waals surface area contributed by atoms with Crippen LogP contribution in [-0.2, 0) is 0 Å². The molecule has 176 valence electrons. The summed E-state index contributed by atoms with van der Waals surface area (Å²) >= 11 is 0. The van der Waals surface area contributed by atoms with Crippen molar-refractivity contribution in [3.63, 3.8) is 0 Å². The Hall–Kier alpha value is -3.79. The van der Waals surface area contributed by atoms with Gasteiger partial charge in [0.2, 0.25) is 0 Å². The van der Waals surface area contributed by atoms with Crippen LogP contribution in [0, 0.1) is 0 Å². The molecule has 2 heterocycles. The number of benzene rings is 2. The topological polar surface area (TPSA) is 31.4 Å². The van der Waals surface area contributed by atoms with Crippen molar-refractivity contribution in [1.82, 2.24) is 9.47 Å². The standard InChI is InChI=1S/C24H17F6N2O2/c25-23(26,27)33-20-7-5-19(6-8-20)32(21-3-1-2-4-22(21)34-24(28,29)30)15-11-18(12-16-32)17-9-13-31-14-10-17/h1-15H,16H2/q+1. The molecule has 1 unspecified atom stereocenters. The molecule has 3 aromatic rings. The maximum Gasteiger partial charge on any atom is 0.573 e. The second-order valence-electron chi connectivity index (χ2n) is 7.32. The van der Waals surface area contributed by atoms with E-state index in [9.17, 15) is 26.3 Å². The molecule has 0 saturated carbocycles. The van der Waals surface area contributed by atoms with Gasteiger partial charge in [-0.2, -0.15) is 0 Å². The van der Waals surface area contributed by atoms with Crippen LogP contribution in [0.25, 0.3) is 5.57 Å². The first-order valence-corrected chi connectivity index (χ1v) is 9.95. The van der Waals surface area contributed by atoms with Gasteiger partial charge in [0.05, 0.1) is 0 Å². The minimum Gasteiger partial charge on any atom is -0.406 e. The summed E-state index contributed by atoms with van der Waals surface area (Å²) < 4.78 is 85.1. The molecule has 0 N–H and O–H groups in total. The molecule has 0 fully saturated rings. The molecule has 0 aliphatic carbocycles. The molecule has 0 bridgehead atoms. The lowest BCUT2D eigenvalue weighted by Crippen LogP contribution is -2.40. The van der Waals surface area contributed by atoms with Crippen LogP contribution in [-0.4, -0.2) is 24.3 Å². The van der Waals surface area contributed by atoms with Gasteiger partial charge in [-0.25, -0.2) is 4.48 Å². The van der Waals surface area contributed by atoms with Crippen molar-refractivity contribution >= 4 is 16.9 Å². The van der Waals surface area contributed by atoms with Gasteiger partial charge >= 0.3 is 12.7 Å². The van der Waals surface area contributed by atoms with E-state index in [4.69, 9.17) is 0 Å². The van der Waals surface area contributed by atoms with Gasteiger partial charge in [0.1, 0.15) is 24.2 Å². The smallest absolute Gasteiger partial charge is 0.406 e. The van der Waals surface area contributed by atoms with Crippen molar-refractivity contribution < 1.29 is 35.8 Å². The van der Waals surface area contributed by atoms with Crippen LogP contribution >= 0.6 is 0 Å². The molecule has 1 aliphatic heterocycles. The van der Waals surface area contributed by atoms with Crippen molar-refractivity contribution in [2.45, 2.75) is 12.7 Å². The van der Waals surface area contributed by atoms with E-state index in [-0.39, 0.29) is 16.7 Å². The van der Waals surface area contributed by atoms with Crippen LogP contribution < -0.4 is 14.0 Å². The quantitative estimate of drug-likeness (QED) is 0.288. The molecule has 0 saturated heterocycles. The lowest BCUT2D eigenvalue weighted by atomic mass is 10.0. The van der Waals surface area contributed by atoms with Crippen molar-refractivity contribution in [3.8, 4) is 11.5 Å². The number of rotatable bonds is 5. The summed E-state index contributed by atoms with van der Waals surface area (Å²) in [6.45, 7) is 0.172. The number of alkyl halides is 6. The number of ether oxygens (including phenoxy) is 2. The number of nitrogens with zero attached hydrogens (tertiary/aromatic N) is 2. The number of allylic oxidation sites excluding steroid dienone is 2. The van der Waals surface area contributed by atoms with Gasteiger partial charge in [0.15, 0.2) is 11.4 Å². The summed E-state index contributed by atoms with van der Waals surface area (Å²) in [6.07, 6.45) is -1.31. The van der Waals surface area contributed by atoms with Crippen molar-refractivity contribution in [2.24, 2.45) is 0 Å². The zero-order valence-corrected chi connectivity index (χ0v) is 17.3. The molecule has 10 heteroatoms. The van der Waals surface area contributed by atoms with Crippen LogP contribution in [0.2, 0.25) is 0 Å². The molecular formula is C24H17F6N2O2+. The second-order valence-corrected chi connectivity index (χ2v) is 7.32. The predicted molar refractivity (Wildman–Crippen MR) is 114 cm³/mol. The summed E-state index contributed by atoms with van der Waals surface area (Å²) in [7, 11) is 0. The van der Waals surface area contributed by atoms with Gasteiger partial charge in [-0.15, -0.1) is 26.3 Å². The van der Waals surface area contributed by atoms with E-state index in [0.717, 1.165) is 23.3 Å². The second kappa shape index (κ2) is 8.86. The van der Waals surface area contributed by atoms with E-state index < -0.39 is 24.2 Å². The van der Waals surface area contributed by atoms with E-state index in [0.29, 0.717) is 5.69 Å². The van der Waals surface area contributed by atoms with Crippen LogP contribution in [0.3, 0.4) is 0 Å². The zero-order chi connectivity index (χ0) is 24.4. The summed E-state index contributed by atoms with van der Waals surface area (Å²) in [5, 5.41) is 0. The van der Waals surface area contributed by atoms with Crippen molar-refractivity contribution in [3.05, 3.63) is 97.0 Å². The number of para-hydroxylation sites is 2. The lowest BCUT2D eigenvalue weighted by Gasteiger charge is -2.36. The molecule has 1 aliphatic rings. The fourth-order valence-electron chi connectivity index (χ4n) is 3.76. The van der Waals surface area contributed by atoms with E-state index in [2.05, 4.69) is 14.5 Å². The highest BCUT2D eigenvalue weighted by Gasteiger charge is 2.40. The molecule has 4 nitrogen and oxygen atoms in total. The first-order valence-electron chi connectivity index (χ1n) is 9.95. The molecule has 34 heavy (non-hydrogen) atoms.